The van der Waals surface area contributed by atoms with E-state index in [0.29, 0.717) is 5.56 Å². The predicted molar refractivity (Wildman–Crippen MR) is 136 cm³/mol. The SMILES string of the molecule is CCCCCCCCCCCCCCC#CC[C@H](COP(=O)(O)O)OCc1cc(F)cc(C#N)c1. The van der Waals surface area contributed by atoms with Crippen molar-refractivity contribution < 1.29 is 28.0 Å². The molecule has 0 aliphatic heterocycles. The van der Waals surface area contributed by atoms with Gasteiger partial charge in [-0.1, -0.05) is 77.6 Å². The van der Waals surface area contributed by atoms with Crippen LogP contribution in [0.15, 0.2) is 18.2 Å². The number of phosphoric ester groups is 1. The van der Waals surface area contributed by atoms with Crippen molar-refractivity contribution in [3.8, 4) is 17.9 Å². The van der Waals surface area contributed by atoms with E-state index in [9.17, 15) is 8.96 Å². The molecule has 1 atom stereocenters. The van der Waals surface area contributed by atoms with E-state index >= 15 is 0 Å². The number of nitrogens with zero attached hydrogens (tertiary/aromatic N) is 1. The van der Waals surface area contributed by atoms with Gasteiger partial charge in [-0.2, -0.15) is 5.26 Å². The van der Waals surface area contributed by atoms with E-state index < -0.39 is 19.7 Å². The zero-order valence-electron chi connectivity index (χ0n) is 21.0. The maximum Gasteiger partial charge on any atom is 0.469 e. The monoisotopic (exact) mass is 509 g/mol. The fourth-order valence-electron chi connectivity index (χ4n) is 3.69. The first-order valence-electron chi connectivity index (χ1n) is 12.8. The molecule has 0 fully saturated rings. The van der Waals surface area contributed by atoms with Gasteiger partial charge in [0, 0.05) is 12.8 Å². The highest BCUT2D eigenvalue weighted by Crippen LogP contribution is 2.36. The van der Waals surface area contributed by atoms with Gasteiger partial charge >= 0.3 is 7.82 Å². The maximum absolute atomic E-state index is 13.6. The van der Waals surface area contributed by atoms with Crippen LogP contribution in [-0.2, 0) is 20.4 Å². The van der Waals surface area contributed by atoms with Gasteiger partial charge < -0.3 is 14.5 Å². The molecule has 0 radical (unpaired) electrons. The molecule has 0 bridgehead atoms. The van der Waals surface area contributed by atoms with E-state index in [-0.39, 0.29) is 25.2 Å². The molecule has 2 N–H and O–H groups in total. The van der Waals surface area contributed by atoms with Crippen LogP contribution in [0.2, 0.25) is 0 Å². The van der Waals surface area contributed by atoms with Crippen LogP contribution < -0.4 is 0 Å². The number of unbranched alkanes of at least 4 members (excludes halogenated alkanes) is 12. The Hall–Kier alpha value is -1.73. The van der Waals surface area contributed by atoms with Gasteiger partial charge in [0.05, 0.1) is 31.0 Å². The second-order valence-corrected chi connectivity index (χ2v) is 10.1. The maximum atomic E-state index is 13.6. The second kappa shape index (κ2) is 19.5. The molecular formula is C27H41FNO5P. The van der Waals surface area contributed by atoms with Crippen LogP contribution in [0.3, 0.4) is 0 Å². The fraction of sp³-hybridized carbons (Fsp3) is 0.667. The molecular weight excluding hydrogens is 468 g/mol. The van der Waals surface area contributed by atoms with E-state index in [2.05, 4.69) is 23.3 Å². The van der Waals surface area contributed by atoms with Crippen molar-refractivity contribution in [3.63, 3.8) is 0 Å². The molecule has 0 saturated carbocycles. The molecule has 1 aromatic rings. The van der Waals surface area contributed by atoms with Crippen molar-refractivity contribution in [3.05, 3.63) is 35.1 Å². The minimum atomic E-state index is -4.64. The van der Waals surface area contributed by atoms with E-state index in [0.717, 1.165) is 25.3 Å². The molecule has 1 aromatic carbocycles. The molecule has 0 unspecified atom stereocenters. The van der Waals surface area contributed by atoms with Crippen molar-refractivity contribution >= 4 is 7.82 Å². The van der Waals surface area contributed by atoms with E-state index in [1.807, 2.05) is 6.07 Å². The number of benzene rings is 1. The van der Waals surface area contributed by atoms with Crippen LogP contribution >= 0.6 is 7.82 Å². The molecule has 0 saturated heterocycles. The Morgan fingerprint density at radius 1 is 0.943 bits per heavy atom. The summed E-state index contributed by atoms with van der Waals surface area (Å²) in [7, 11) is -4.64. The van der Waals surface area contributed by atoms with Gasteiger partial charge in [-0.15, -0.1) is 11.8 Å². The van der Waals surface area contributed by atoms with Crippen molar-refractivity contribution in [1.82, 2.24) is 0 Å². The summed E-state index contributed by atoms with van der Waals surface area (Å²) in [6.45, 7) is 1.88. The van der Waals surface area contributed by atoms with Crippen molar-refractivity contribution in [2.75, 3.05) is 6.61 Å². The summed E-state index contributed by atoms with van der Waals surface area (Å²) in [5.41, 5.74) is 0.626. The quantitative estimate of drug-likeness (QED) is 0.116. The van der Waals surface area contributed by atoms with E-state index in [4.69, 9.17) is 19.8 Å². The third-order valence-corrected chi connectivity index (χ3v) is 6.10. The minimum Gasteiger partial charge on any atom is -0.370 e. The topological polar surface area (TPSA) is 99.8 Å². The van der Waals surface area contributed by atoms with Gasteiger partial charge in [0.25, 0.3) is 0 Å². The molecule has 35 heavy (non-hydrogen) atoms. The lowest BCUT2D eigenvalue weighted by atomic mass is 10.0. The molecule has 196 valence electrons. The molecule has 6 nitrogen and oxygen atoms in total. The van der Waals surface area contributed by atoms with Crippen LogP contribution in [0.5, 0.6) is 0 Å². The number of nitriles is 1. The fourth-order valence-corrected chi connectivity index (χ4v) is 4.05. The van der Waals surface area contributed by atoms with Gasteiger partial charge in [-0.3, -0.25) is 4.52 Å². The van der Waals surface area contributed by atoms with Crippen LogP contribution in [-0.4, -0.2) is 22.5 Å². The molecule has 0 amide bonds. The van der Waals surface area contributed by atoms with Crippen LogP contribution in [0.1, 0.15) is 108 Å². The normalized spacial score (nSPS) is 12.1. The Bertz CT molecular complexity index is 855. The van der Waals surface area contributed by atoms with Gasteiger partial charge in [-0.05, 0) is 30.2 Å². The summed E-state index contributed by atoms with van der Waals surface area (Å²) in [5.74, 6) is 5.54. The van der Waals surface area contributed by atoms with Gasteiger partial charge in [0.2, 0.25) is 0 Å². The smallest absolute Gasteiger partial charge is 0.370 e. The molecule has 0 aliphatic carbocycles. The zero-order valence-corrected chi connectivity index (χ0v) is 21.9. The Morgan fingerprint density at radius 2 is 1.54 bits per heavy atom. The first-order valence-corrected chi connectivity index (χ1v) is 14.3. The summed E-state index contributed by atoms with van der Waals surface area (Å²) in [4.78, 5) is 17.9. The molecule has 8 heteroatoms. The molecule has 0 heterocycles. The Morgan fingerprint density at radius 3 is 2.11 bits per heavy atom. The van der Waals surface area contributed by atoms with Crippen molar-refractivity contribution in [2.45, 2.75) is 110 Å². The number of hydrogen-bond acceptors (Lipinski definition) is 4. The minimum absolute atomic E-state index is 0.0257. The summed E-state index contributed by atoms with van der Waals surface area (Å²) >= 11 is 0. The standard InChI is InChI=1S/C27H41FNO5P/c1-2-3-4-5-6-7-8-9-10-11-12-13-14-15-16-17-27(23-34-35(30,31)32)33-22-25-18-24(21-29)19-26(28)20-25/h18-20,27H,2-14,17,22-23H2,1H3,(H2,30,31,32)/t27-/m1/s1. The van der Waals surface area contributed by atoms with Crippen molar-refractivity contribution in [1.29, 1.82) is 5.26 Å². The average molecular weight is 510 g/mol. The molecule has 1 rings (SSSR count). The predicted octanol–water partition coefficient (Wildman–Crippen LogP) is 7.18. The van der Waals surface area contributed by atoms with Crippen LogP contribution in [0.4, 0.5) is 4.39 Å². The van der Waals surface area contributed by atoms with E-state index in [1.165, 1.54) is 76.3 Å². The van der Waals surface area contributed by atoms with Gasteiger partial charge in [0.15, 0.2) is 0 Å². The van der Waals surface area contributed by atoms with E-state index in [1.54, 1.807) is 0 Å². The van der Waals surface area contributed by atoms with Crippen LogP contribution in [0, 0.1) is 29.0 Å². The van der Waals surface area contributed by atoms with Gasteiger partial charge in [-0.25, -0.2) is 8.96 Å². The lowest BCUT2D eigenvalue weighted by Gasteiger charge is -2.16. The first-order chi connectivity index (χ1) is 16.8. The van der Waals surface area contributed by atoms with Crippen LogP contribution in [0.25, 0.3) is 0 Å². The molecule has 0 aliphatic rings. The Balaban J connectivity index is 2.27. The number of phosphoric acid groups is 1. The lowest BCUT2D eigenvalue weighted by Crippen LogP contribution is -2.19. The number of ether oxygens (including phenoxy) is 1. The Kier molecular flexibility index (Phi) is 17.4. The first kappa shape index (κ1) is 31.3. The number of rotatable bonds is 19. The third kappa shape index (κ3) is 18.2. The number of halogens is 1. The lowest BCUT2D eigenvalue weighted by molar-refractivity contribution is 0.00525. The summed E-state index contributed by atoms with van der Waals surface area (Å²) in [6.07, 6.45) is 15.7. The number of hydrogen-bond donors (Lipinski definition) is 2. The highest BCUT2D eigenvalue weighted by molar-refractivity contribution is 7.46. The second-order valence-electron chi connectivity index (χ2n) is 8.88. The van der Waals surface area contributed by atoms with Gasteiger partial charge in [0.1, 0.15) is 5.82 Å². The Labute approximate surface area is 210 Å². The molecule has 0 aromatic heterocycles. The summed E-state index contributed by atoms with van der Waals surface area (Å²) < 4.78 is 34.9. The highest BCUT2D eigenvalue weighted by atomic mass is 31.2. The average Bonchev–Trinajstić information content (AvgIpc) is 2.81. The van der Waals surface area contributed by atoms with Crippen molar-refractivity contribution in [2.24, 2.45) is 0 Å². The largest absolute Gasteiger partial charge is 0.469 e. The zero-order chi connectivity index (χ0) is 25.8. The summed E-state index contributed by atoms with van der Waals surface area (Å²) in [5, 5.41) is 8.96. The summed E-state index contributed by atoms with van der Waals surface area (Å²) in [6, 6.07) is 5.76. The highest BCUT2D eigenvalue weighted by Gasteiger charge is 2.18. The third-order valence-electron chi connectivity index (χ3n) is 5.61. The molecule has 0 spiro atoms.